The molecule has 10 heteroatoms. The summed E-state index contributed by atoms with van der Waals surface area (Å²) in [5, 5.41) is 6.67. The highest BCUT2D eigenvalue weighted by Crippen LogP contribution is 2.30. The molecule has 0 radical (unpaired) electrons. The van der Waals surface area contributed by atoms with Gasteiger partial charge in [0.15, 0.2) is 5.78 Å². The standard InChI is InChI=1S/C25H28F3N5O2/c1-4-5-22(35)30-10-16-8-19-20(14-32-24(19)31-11-16)17-9-18(13-29-12-17)33-23(15(2)3)21(34)6-7-25(26,27)28/h4-5,8-9,11-15,23,33H,6-7,10H2,1-3H3,(H,30,35)(H,31,32)/b5-4+. The number of rotatable bonds is 10. The summed E-state index contributed by atoms with van der Waals surface area (Å²) in [4.78, 5) is 36.0. The van der Waals surface area contributed by atoms with Gasteiger partial charge in [-0.3, -0.25) is 14.6 Å². The molecule has 3 N–H and O–H groups in total. The van der Waals surface area contributed by atoms with Gasteiger partial charge >= 0.3 is 6.18 Å². The van der Waals surface area contributed by atoms with Crippen molar-refractivity contribution in [1.82, 2.24) is 20.3 Å². The van der Waals surface area contributed by atoms with Crippen LogP contribution in [0.4, 0.5) is 18.9 Å². The first-order chi connectivity index (χ1) is 16.6. The average molecular weight is 488 g/mol. The lowest BCUT2D eigenvalue weighted by Crippen LogP contribution is -2.35. The Morgan fingerprint density at radius 1 is 1.17 bits per heavy atom. The van der Waals surface area contributed by atoms with Crippen molar-refractivity contribution in [3.05, 3.63) is 54.6 Å². The number of aromatic amines is 1. The van der Waals surface area contributed by atoms with E-state index in [1.165, 1.54) is 12.3 Å². The van der Waals surface area contributed by atoms with Crippen molar-refractivity contribution in [2.75, 3.05) is 5.32 Å². The number of nitrogens with zero attached hydrogens (tertiary/aromatic N) is 2. The number of nitrogens with one attached hydrogen (secondary N) is 3. The fraction of sp³-hybridized carbons (Fsp3) is 0.360. The Hall–Kier alpha value is -3.69. The number of carbonyl (C=O) groups is 2. The molecule has 0 bridgehead atoms. The van der Waals surface area contributed by atoms with E-state index in [-0.39, 0.29) is 11.8 Å². The molecular formula is C25H28F3N5O2. The van der Waals surface area contributed by atoms with Crippen LogP contribution in [0.5, 0.6) is 0 Å². The molecule has 1 unspecified atom stereocenters. The lowest BCUT2D eigenvalue weighted by Gasteiger charge is -2.22. The van der Waals surface area contributed by atoms with E-state index in [0.29, 0.717) is 17.9 Å². The van der Waals surface area contributed by atoms with Crippen LogP contribution >= 0.6 is 0 Å². The number of hydrogen-bond acceptors (Lipinski definition) is 5. The zero-order chi connectivity index (χ0) is 25.6. The molecule has 186 valence electrons. The number of carbonyl (C=O) groups excluding carboxylic acids is 2. The molecule has 0 saturated heterocycles. The fourth-order valence-electron chi connectivity index (χ4n) is 3.67. The Morgan fingerprint density at radius 3 is 2.63 bits per heavy atom. The lowest BCUT2D eigenvalue weighted by atomic mass is 9.96. The van der Waals surface area contributed by atoms with E-state index in [1.54, 1.807) is 51.5 Å². The van der Waals surface area contributed by atoms with Gasteiger partial charge in [-0.2, -0.15) is 13.2 Å². The van der Waals surface area contributed by atoms with E-state index in [4.69, 9.17) is 0 Å². The zero-order valence-corrected chi connectivity index (χ0v) is 19.7. The molecule has 0 saturated carbocycles. The molecule has 1 atom stereocenters. The first-order valence-electron chi connectivity index (χ1n) is 11.3. The number of aromatic nitrogens is 3. The van der Waals surface area contributed by atoms with Crippen LogP contribution in [0.3, 0.4) is 0 Å². The van der Waals surface area contributed by atoms with E-state index in [0.717, 1.165) is 22.1 Å². The van der Waals surface area contributed by atoms with Crippen LogP contribution in [-0.2, 0) is 16.1 Å². The van der Waals surface area contributed by atoms with Gasteiger partial charge in [0.1, 0.15) is 5.65 Å². The molecule has 0 spiro atoms. The van der Waals surface area contributed by atoms with Gasteiger partial charge in [0.25, 0.3) is 0 Å². The van der Waals surface area contributed by atoms with Crippen LogP contribution in [0.15, 0.2) is 49.1 Å². The molecule has 3 aromatic rings. The molecule has 7 nitrogen and oxygen atoms in total. The molecule has 3 aromatic heterocycles. The molecule has 0 aliphatic carbocycles. The number of allylic oxidation sites excluding steroid dienone is 1. The summed E-state index contributed by atoms with van der Waals surface area (Å²) in [6.45, 7) is 5.63. The minimum atomic E-state index is -4.38. The predicted molar refractivity (Wildman–Crippen MR) is 129 cm³/mol. The lowest BCUT2D eigenvalue weighted by molar-refractivity contribution is -0.143. The summed E-state index contributed by atoms with van der Waals surface area (Å²) in [7, 11) is 0. The number of ketones is 1. The van der Waals surface area contributed by atoms with Crippen molar-refractivity contribution in [2.24, 2.45) is 5.92 Å². The second-order valence-electron chi connectivity index (χ2n) is 8.57. The second-order valence-corrected chi connectivity index (χ2v) is 8.57. The number of alkyl halides is 3. The molecule has 0 aliphatic heterocycles. The maximum atomic E-state index is 12.6. The molecular weight excluding hydrogens is 459 g/mol. The number of pyridine rings is 2. The number of halogens is 3. The summed E-state index contributed by atoms with van der Waals surface area (Å²) in [6.07, 6.45) is 3.65. The van der Waals surface area contributed by atoms with E-state index in [9.17, 15) is 22.8 Å². The minimum absolute atomic E-state index is 0.200. The number of anilines is 1. The minimum Gasteiger partial charge on any atom is -0.374 e. The molecule has 3 rings (SSSR count). The van der Waals surface area contributed by atoms with Gasteiger partial charge in [0.2, 0.25) is 5.91 Å². The Labute approximate surface area is 201 Å². The van der Waals surface area contributed by atoms with Crippen LogP contribution in [-0.4, -0.2) is 38.9 Å². The highest BCUT2D eigenvalue weighted by Gasteiger charge is 2.31. The highest BCUT2D eigenvalue weighted by atomic mass is 19.4. The van der Waals surface area contributed by atoms with Gasteiger partial charge in [-0.1, -0.05) is 19.9 Å². The summed E-state index contributed by atoms with van der Waals surface area (Å²) < 4.78 is 37.7. The Bertz CT molecular complexity index is 1220. The van der Waals surface area contributed by atoms with Gasteiger partial charge in [-0.05, 0) is 36.6 Å². The van der Waals surface area contributed by atoms with Crippen LogP contribution < -0.4 is 10.6 Å². The number of hydrogen-bond donors (Lipinski definition) is 3. The van der Waals surface area contributed by atoms with Gasteiger partial charge in [-0.25, -0.2) is 4.98 Å². The maximum absolute atomic E-state index is 12.6. The highest BCUT2D eigenvalue weighted by molar-refractivity contribution is 5.94. The molecule has 0 aliphatic rings. The van der Waals surface area contributed by atoms with Crippen molar-refractivity contribution >= 4 is 28.4 Å². The Kier molecular flexibility index (Phi) is 8.26. The van der Waals surface area contributed by atoms with Crippen LogP contribution in [0.2, 0.25) is 0 Å². The van der Waals surface area contributed by atoms with Crippen LogP contribution in [0.25, 0.3) is 22.2 Å². The molecule has 1 amide bonds. The van der Waals surface area contributed by atoms with E-state index in [2.05, 4.69) is 25.6 Å². The quantitative estimate of drug-likeness (QED) is 0.343. The third-order valence-electron chi connectivity index (χ3n) is 5.41. The third-order valence-corrected chi connectivity index (χ3v) is 5.41. The van der Waals surface area contributed by atoms with E-state index >= 15 is 0 Å². The number of fused-ring (bicyclic) bond motifs is 1. The molecule has 0 aromatic carbocycles. The summed E-state index contributed by atoms with van der Waals surface area (Å²) in [5.41, 5.74) is 3.55. The fourth-order valence-corrected chi connectivity index (χ4v) is 3.67. The molecule has 3 heterocycles. The SMILES string of the molecule is C/C=C/C(=O)NCc1cnc2[nH]cc(-c3cncc(NC(C(=O)CCC(F)(F)F)C(C)C)c3)c2c1. The van der Waals surface area contributed by atoms with Crippen molar-refractivity contribution in [3.63, 3.8) is 0 Å². The van der Waals surface area contributed by atoms with E-state index < -0.39 is 30.8 Å². The van der Waals surface area contributed by atoms with Gasteiger partial charge in [-0.15, -0.1) is 0 Å². The van der Waals surface area contributed by atoms with Crippen LogP contribution in [0, 0.1) is 5.92 Å². The largest absolute Gasteiger partial charge is 0.389 e. The summed E-state index contributed by atoms with van der Waals surface area (Å²) in [5.74, 6) is -0.907. The maximum Gasteiger partial charge on any atom is 0.389 e. The first kappa shape index (κ1) is 25.9. The number of Topliss-reactive ketones (excluding diaryl/α,β-unsaturated/α-hetero) is 1. The van der Waals surface area contributed by atoms with E-state index in [1.807, 2.05) is 6.07 Å². The molecule has 35 heavy (non-hydrogen) atoms. The first-order valence-corrected chi connectivity index (χ1v) is 11.3. The van der Waals surface area contributed by atoms with Crippen molar-refractivity contribution in [1.29, 1.82) is 0 Å². The summed E-state index contributed by atoms with van der Waals surface area (Å²) in [6, 6.07) is 2.94. The van der Waals surface area contributed by atoms with Gasteiger partial charge in [0, 0.05) is 54.3 Å². The Morgan fingerprint density at radius 2 is 1.94 bits per heavy atom. The monoisotopic (exact) mass is 487 g/mol. The van der Waals surface area contributed by atoms with Crippen molar-refractivity contribution in [3.8, 4) is 11.1 Å². The zero-order valence-electron chi connectivity index (χ0n) is 19.7. The summed E-state index contributed by atoms with van der Waals surface area (Å²) >= 11 is 0. The Balaban J connectivity index is 1.82. The van der Waals surface area contributed by atoms with Crippen LogP contribution in [0.1, 0.15) is 39.2 Å². The average Bonchev–Trinajstić information content (AvgIpc) is 3.23. The topological polar surface area (TPSA) is 99.8 Å². The number of H-pyrrole nitrogens is 1. The van der Waals surface area contributed by atoms with Gasteiger partial charge < -0.3 is 15.6 Å². The normalized spacial score (nSPS) is 12.9. The number of amides is 1. The van der Waals surface area contributed by atoms with Crippen molar-refractivity contribution in [2.45, 2.75) is 52.4 Å². The molecule has 0 fully saturated rings. The van der Waals surface area contributed by atoms with Crippen molar-refractivity contribution < 1.29 is 22.8 Å². The van der Waals surface area contributed by atoms with Gasteiger partial charge in [0.05, 0.1) is 18.2 Å². The third kappa shape index (κ3) is 7.14. The second kappa shape index (κ2) is 11.2. The smallest absolute Gasteiger partial charge is 0.374 e. The predicted octanol–water partition coefficient (Wildman–Crippen LogP) is 5.17.